The van der Waals surface area contributed by atoms with E-state index in [0.717, 1.165) is 57.8 Å². The second-order valence-electron chi connectivity index (χ2n) is 21.7. The summed E-state index contributed by atoms with van der Waals surface area (Å²) in [5.41, 5.74) is 0. The Labute approximate surface area is 461 Å². The van der Waals surface area contributed by atoms with Crippen LogP contribution in [0.15, 0.2) is 72.9 Å². The van der Waals surface area contributed by atoms with Gasteiger partial charge >= 0.3 is 11.9 Å². The normalized spacial score (nSPS) is 12.6. The molecule has 0 aliphatic rings. The Morgan fingerprint density at radius 2 is 0.568 bits per heavy atom. The molecule has 0 heterocycles. The standard InChI is InChI=1S/C69H124O5/c1-4-7-10-13-16-19-22-25-28-31-34-37-40-43-46-49-52-55-58-61-64-72-65-67(74-69(71)63-60-57-54-51-48-45-42-39-36-33-30-27-24-21-18-15-12-9-6-3)66-73-68(70)62-59-56-53-50-47-44-41-38-35-32-29-26-23-20-17-14-11-8-5-2/h16-17,19-20,25-30,34,37,67H,4-15,18,21-24,31-33,35-36,38-66H2,1-3H3/b19-16-,20-17-,28-25-,29-26-,30-27-,37-34-. The van der Waals surface area contributed by atoms with Crippen LogP contribution >= 0.6 is 0 Å². The maximum Gasteiger partial charge on any atom is 0.306 e. The molecule has 74 heavy (non-hydrogen) atoms. The lowest BCUT2D eigenvalue weighted by atomic mass is 10.1. The molecular formula is C69H124O5. The molecule has 0 amide bonds. The lowest BCUT2D eigenvalue weighted by Gasteiger charge is -2.18. The quantitative estimate of drug-likeness (QED) is 0.0345. The first-order valence-corrected chi connectivity index (χ1v) is 32.5. The van der Waals surface area contributed by atoms with Gasteiger partial charge in [-0.05, 0) is 116 Å². The highest BCUT2D eigenvalue weighted by Crippen LogP contribution is 2.16. The number of hydrogen-bond acceptors (Lipinski definition) is 5. The SMILES string of the molecule is CCCCC/C=C\C/C=C\C/C=C\CCCCCCCCCOCC(COC(=O)CCCCCCCCCCC/C=C\C/C=C\CCCCC)OC(=O)CCCCCCCCCCC/C=C\CCCCCCCC. The fourth-order valence-electron chi connectivity index (χ4n) is 9.31. The van der Waals surface area contributed by atoms with E-state index >= 15 is 0 Å². The molecule has 0 aromatic heterocycles. The van der Waals surface area contributed by atoms with Gasteiger partial charge in [-0.25, -0.2) is 0 Å². The van der Waals surface area contributed by atoms with Crippen molar-refractivity contribution in [3.63, 3.8) is 0 Å². The monoisotopic (exact) mass is 1030 g/mol. The molecule has 5 heteroatoms. The lowest BCUT2D eigenvalue weighted by Crippen LogP contribution is -2.30. The second kappa shape index (κ2) is 64.6. The Hall–Kier alpha value is -2.66. The van der Waals surface area contributed by atoms with Crippen LogP contribution in [0.3, 0.4) is 0 Å². The number of esters is 2. The van der Waals surface area contributed by atoms with E-state index in [1.165, 1.54) is 238 Å². The molecule has 5 nitrogen and oxygen atoms in total. The fourth-order valence-corrected chi connectivity index (χ4v) is 9.31. The Balaban J connectivity index is 4.30. The van der Waals surface area contributed by atoms with Crippen LogP contribution in [0, 0.1) is 0 Å². The van der Waals surface area contributed by atoms with Crippen molar-refractivity contribution in [2.45, 2.75) is 335 Å². The van der Waals surface area contributed by atoms with Gasteiger partial charge in [-0.15, -0.1) is 0 Å². The number of carbonyl (C=O) groups excluding carboxylic acids is 2. The summed E-state index contributed by atoms with van der Waals surface area (Å²) in [5.74, 6) is -0.397. The van der Waals surface area contributed by atoms with Crippen molar-refractivity contribution in [3.05, 3.63) is 72.9 Å². The molecule has 0 radical (unpaired) electrons. The highest BCUT2D eigenvalue weighted by Gasteiger charge is 2.18. The van der Waals surface area contributed by atoms with Crippen molar-refractivity contribution in [1.82, 2.24) is 0 Å². The smallest absolute Gasteiger partial charge is 0.306 e. The summed E-state index contributed by atoms with van der Waals surface area (Å²) in [4.78, 5) is 25.7. The molecule has 0 spiro atoms. The number of rotatable bonds is 60. The average Bonchev–Trinajstić information content (AvgIpc) is 3.40. The Morgan fingerprint density at radius 1 is 0.297 bits per heavy atom. The number of unbranched alkanes of at least 4 members (excludes halogenated alkanes) is 37. The van der Waals surface area contributed by atoms with Crippen molar-refractivity contribution in [2.75, 3.05) is 19.8 Å². The Morgan fingerprint density at radius 3 is 0.946 bits per heavy atom. The highest BCUT2D eigenvalue weighted by molar-refractivity contribution is 5.70. The van der Waals surface area contributed by atoms with Gasteiger partial charge in [0.1, 0.15) is 6.61 Å². The van der Waals surface area contributed by atoms with Crippen molar-refractivity contribution < 1.29 is 23.8 Å². The number of ether oxygens (including phenoxy) is 3. The van der Waals surface area contributed by atoms with E-state index in [-0.39, 0.29) is 25.2 Å². The van der Waals surface area contributed by atoms with Crippen molar-refractivity contribution >= 4 is 11.9 Å². The van der Waals surface area contributed by atoms with Crippen LogP contribution in [-0.2, 0) is 23.8 Å². The van der Waals surface area contributed by atoms with Gasteiger partial charge in [0.15, 0.2) is 6.10 Å². The largest absolute Gasteiger partial charge is 0.462 e. The third-order valence-corrected chi connectivity index (χ3v) is 14.2. The fraction of sp³-hybridized carbons (Fsp3) is 0.797. The van der Waals surface area contributed by atoms with Crippen LogP contribution in [0.2, 0.25) is 0 Å². The van der Waals surface area contributed by atoms with Gasteiger partial charge < -0.3 is 14.2 Å². The molecule has 0 aliphatic carbocycles. The van der Waals surface area contributed by atoms with Crippen molar-refractivity contribution in [1.29, 1.82) is 0 Å². The first-order chi connectivity index (χ1) is 36.6. The van der Waals surface area contributed by atoms with Gasteiger partial charge in [0, 0.05) is 19.4 Å². The van der Waals surface area contributed by atoms with Gasteiger partial charge in [-0.2, -0.15) is 0 Å². The first kappa shape index (κ1) is 71.3. The molecule has 0 aromatic rings. The molecule has 0 aromatic carbocycles. The molecule has 0 aliphatic heterocycles. The molecule has 0 rings (SSSR count). The third-order valence-electron chi connectivity index (χ3n) is 14.2. The molecule has 1 atom stereocenters. The van der Waals surface area contributed by atoms with Gasteiger partial charge in [0.05, 0.1) is 6.61 Å². The zero-order valence-electron chi connectivity index (χ0n) is 49.6. The van der Waals surface area contributed by atoms with E-state index in [2.05, 4.69) is 93.7 Å². The van der Waals surface area contributed by atoms with Crippen LogP contribution in [0.4, 0.5) is 0 Å². The number of allylic oxidation sites excluding steroid dienone is 12. The molecule has 0 fully saturated rings. The van der Waals surface area contributed by atoms with E-state index < -0.39 is 6.10 Å². The maximum absolute atomic E-state index is 12.9. The zero-order valence-corrected chi connectivity index (χ0v) is 49.6. The summed E-state index contributed by atoms with van der Waals surface area (Å²) in [6.07, 6.45) is 85.1. The minimum atomic E-state index is -0.548. The van der Waals surface area contributed by atoms with Gasteiger partial charge in [0.25, 0.3) is 0 Å². The van der Waals surface area contributed by atoms with E-state index in [0.29, 0.717) is 19.4 Å². The van der Waals surface area contributed by atoms with E-state index in [4.69, 9.17) is 14.2 Å². The zero-order chi connectivity index (χ0) is 53.4. The molecule has 0 N–H and O–H groups in total. The molecule has 1 unspecified atom stereocenters. The second-order valence-corrected chi connectivity index (χ2v) is 21.7. The van der Waals surface area contributed by atoms with E-state index in [1.807, 2.05) is 0 Å². The predicted molar refractivity (Wildman–Crippen MR) is 325 cm³/mol. The molecule has 0 saturated carbocycles. The third kappa shape index (κ3) is 61.9. The van der Waals surface area contributed by atoms with Crippen molar-refractivity contribution in [2.24, 2.45) is 0 Å². The number of hydrogen-bond donors (Lipinski definition) is 0. The first-order valence-electron chi connectivity index (χ1n) is 32.5. The minimum Gasteiger partial charge on any atom is -0.462 e. The summed E-state index contributed by atoms with van der Waals surface area (Å²) in [6.45, 7) is 7.79. The van der Waals surface area contributed by atoms with Gasteiger partial charge in [0.2, 0.25) is 0 Å². The molecule has 0 bridgehead atoms. The number of carbonyl (C=O) groups is 2. The van der Waals surface area contributed by atoms with Crippen LogP contribution < -0.4 is 0 Å². The topological polar surface area (TPSA) is 61.8 Å². The summed E-state index contributed by atoms with van der Waals surface area (Å²) in [6, 6.07) is 0. The highest BCUT2D eigenvalue weighted by atomic mass is 16.6. The average molecular weight is 1030 g/mol. The van der Waals surface area contributed by atoms with Crippen LogP contribution in [0.1, 0.15) is 329 Å². The molecule has 430 valence electrons. The Bertz CT molecular complexity index is 1310. The van der Waals surface area contributed by atoms with Gasteiger partial charge in [-0.3, -0.25) is 9.59 Å². The lowest BCUT2D eigenvalue weighted by molar-refractivity contribution is -0.163. The van der Waals surface area contributed by atoms with Crippen LogP contribution in [0.25, 0.3) is 0 Å². The maximum atomic E-state index is 12.9. The minimum absolute atomic E-state index is 0.0781. The molecule has 0 saturated heterocycles. The molecular weight excluding hydrogens is 909 g/mol. The van der Waals surface area contributed by atoms with E-state index in [9.17, 15) is 9.59 Å². The summed E-state index contributed by atoms with van der Waals surface area (Å²) < 4.78 is 17.6. The van der Waals surface area contributed by atoms with Gasteiger partial charge in [-0.1, -0.05) is 273 Å². The van der Waals surface area contributed by atoms with Crippen LogP contribution in [-0.4, -0.2) is 37.9 Å². The predicted octanol–water partition coefficient (Wildman–Crippen LogP) is 22.6. The summed E-state index contributed by atoms with van der Waals surface area (Å²) >= 11 is 0. The summed E-state index contributed by atoms with van der Waals surface area (Å²) in [7, 11) is 0. The summed E-state index contributed by atoms with van der Waals surface area (Å²) in [5, 5.41) is 0. The van der Waals surface area contributed by atoms with E-state index in [1.54, 1.807) is 0 Å². The Kier molecular flexibility index (Phi) is 62.3. The van der Waals surface area contributed by atoms with Crippen molar-refractivity contribution in [3.8, 4) is 0 Å². The van der Waals surface area contributed by atoms with Crippen LogP contribution in [0.5, 0.6) is 0 Å².